The van der Waals surface area contributed by atoms with Crippen molar-refractivity contribution >= 4 is 11.0 Å². The van der Waals surface area contributed by atoms with Gasteiger partial charge in [-0.05, 0) is 75.6 Å². The summed E-state index contributed by atoms with van der Waals surface area (Å²) in [5, 5.41) is 0.514. The molecule has 6 nitrogen and oxygen atoms in total. The highest BCUT2D eigenvalue weighted by Crippen LogP contribution is 2.36. The minimum atomic E-state index is -0.160. The fourth-order valence-electron chi connectivity index (χ4n) is 4.54. The second-order valence-electron chi connectivity index (χ2n) is 9.47. The van der Waals surface area contributed by atoms with Crippen molar-refractivity contribution in [2.45, 2.75) is 65.2 Å². The molecule has 0 aliphatic carbocycles. The van der Waals surface area contributed by atoms with Crippen LogP contribution in [0, 0.1) is 0 Å². The number of fused-ring (bicyclic) bond motifs is 1. The lowest BCUT2D eigenvalue weighted by atomic mass is 10.1. The van der Waals surface area contributed by atoms with Crippen molar-refractivity contribution in [3.63, 3.8) is 0 Å². The minimum absolute atomic E-state index is 0.160. The molecule has 6 heteroatoms. The van der Waals surface area contributed by atoms with Crippen LogP contribution < -0.4 is 19.6 Å². The summed E-state index contributed by atoms with van der Waals surface area (Å²) >= 11 is 0. The summed E-state index contributed by atoms with van der Waals surface area (Å²) in [5.41, 5.74) is 1.07. The lowest BCUT2D eigenvalue weighted by Crippen LogP contribution is -2.27. The zero-order valence-corrected chi connectivity index (χ0v) is 23.0. The van der Waals surface area contributed by atoms with Crippen LogP contribution in [0.2, 0.25) is 0 Å². The van der Waals surface area contributed by atoms with Gasteiger partial charge in [-0.15, -0.1) is 0 Å². The first-order valence-corrected chi connectivity index (χ1v) is 13.8. The molecule has 3 aromatic rings. The maximum absolute atomic E-state index is 13.4. The highest BCUT2D eigenvalue weighted by molar-refractivity contribution is 5.82. The highest BCUT2D eigenvalue weighted by Gasteiger charge is 2.19. The van der Waals surface area contributed by atoms with E-state index in [1.807, 2.05) is 24.3 Å². The molecule has 37 heavy (non-hydrogen) atoms. The molecule has 0 fully saturated rings. The average Bonchev–Trinajstić information content (AvgIpc) is 2.93. The first-order valence-electron chi connectivity index (χ1n) is 13.8. The van der Waals surface area contributed by atoms with Crippen molar-refractivity contribution < 1.29 is 18.6 Å². The number of hydrogen-bond acceptors (Lipinski definition) is 6. The topological polar surface area (TPSA) is 61.1 Å². The average molecular weight is 510 g/mol. The fraction of sp³-hybridized carbons (Fsp3) is 0.516. The number of ether oxygens (including phenoxy) is 3. The van der Waals surface area contributed by atoms with Gasteiger partial charge in [0.2, 0.25) is 11.2 Å². The maximum atomic E-state index is 13.4. The molecule has 0 unspecified atom stereocenters. The van der Waals surface area contributed by atoms with E-state index < -0.39 is 0 Å². The first kappa shape index (κ1) is 28.6. The van der Waals surface area contributed by atoms with Crippen LogP contribution in [0.4, 0.5) is 0 Å². The summed E-state index contributed by atoms with van der Waals surface area (Å²) in [6.45, 7) is 8.34. The predicted molar refractivity (Wildman–Crippen MR) is 151 cm³/mol. The molecular weight excluding hydrogens is 466 g/mol. The van der Waals surface area contributed by atoms with E-state index in [-0.39, 0.29) is 11.2 Å². The van der Waals surface area contributed by atoms with Gasteiger partial charge < -0.3 is 23.5 Å². The van der Waals surface area contributed by atoms with Gasteiger partial charge >= 0.3 is 0 Å². The third-order valence-corrected chi connectivity index (χ3v) is 6.67. The number of para-hydroxylation sites is 1. The Kier molecular flexibility index (Phi) is 11.8. The van der Waals surface area contributed by atoms with Gasteiger partial charge in [0.1, 0.15) is 5.58 Å². The standard InChI is InChI=1S/C31H43NO5/c1-5-7-11-19-32(20-12-8-6-2)21-13-14-22-36-31-29(33)25-15-9-10-16-26(25)37-30(31)24-17-18-27(34-3)28(23-24)35-4/h9-10,15-18,23H,5-8,11-14,19-22H2,1-4H3. The van der Waals surface area contributed by atoms with Gasteiger partial charge in [0, 0.05) is 5.56 Å². The zero-order valence-electron chi connectivity index (χ0n) is 23.0. The Morgan fingerprint density at radius 2 is 1.43 bits per heavy atom. The van der Waals surface area contributed by atoms with Gasteiger partial charge in [0.15, 0.2) is 17.3 Å². The normalized spacial score (nSPS) is 11.3. The number of benzene rings is 2. The molecule has 0 atom stereocenters. The van der Waals surface area contributed by atoms with Crippen LogP contribution >= 0.6 is 0 Å². The molecule has 0 aliphatic heterocycles. The molecule has 1 aromatic heterocycles. The molecule has 2 aromatic carbocycles. The smallest absolute Gasteiger partial charge is 0.235 e. The van der Waals surface area contributed by atoms with Gasteiger partial charge in [0.25, 0.3) is 0 Å². The summed E-state index contributed by atoms with van der Waals surface area (Å²) in [6, 6.07) is 12.7. The van der Waals surface area contributed by atoms with Crippen molar-refractivity contribution in [2.75, 3.05) is 40.5 Å². The fourth-order valence-corrected chi connectivity index (χ4v) is 4.54. The van der Waals surface area contributed by atoms with E-state index in [0.717, 1.165) is 32.5 Å². The van der Waals surface area contributed by atoms with Crippen molar-refractivity contribution in [1.82, 2.24) is 4.90 Å². The molecule has 0 saturated heterocycles. The number of methoxy groups -OCH3 is 2. The van der Waals surface area contributed by atoms with Gasteiger partial charge in [-0.25, -0.2) is 0 Å². The Hall–Kier alpha value is -2.99. The molecule has 1 heterocycles. The van der Waals surface area contributed by atoms with Crippen LogP contribution in [-0.2, 0) is 0 Å². The summed E-state index contributed by atoms with van der Waals surface area (Å²) < 4.78 is 23.2. The van der Waals surface area contributed by atoms with E-state index in [0.29, 0.717) is 40.4 Å². The molecular formula is C31H43NO5. The predicted octanol–water partition coefficient (Wildman–Crippen LogP) is 7.32. The van der Waals surface area contributed by atoms with Crippen LogP contribution in [0.15, 0.2) is 51.7 Å². The van der Waals surface area contributed by atoms with E-state index in [9.17, 15) is 4.79 Å². The van der Waals surface area contributed by atoms with E-state index in [1.54, 1.807) is 32.4 Å². The summed E-state index contributed by atoms with van der Waals surface area (Å²) in [5.74, 6) is 1.83. The lowest BCUT2D eigenvalue weighted by molar-refractivity contribution is 0.240. The summed E-state index contributed by atoms with van der Waals surface area (Å²) in [4.78, 5) is 16.0. The Morgan fingerprint density at radius 3 is 2.08 bits per heavy atom. The Bertz CT molecular complexity index is 1150. The zero-order chi connectivity index (χ0) is 26.5. The molecule has 0 aliphatic rings. The first-order chi connectivity index (χ1) is 18.1. The van der Waals surface area contributed by atoms with Crippen molar-refractivity contribution in [2.24, 2.45) is 0 Å². The Morgan fingerprint density at radius 1 is 0.784 bits per heavy atom. The second kappa shape index (κ2) is 15.3. The van der Waals surface area contributed by atoms with Gasteiger partial charge in [-0.3, -0.25) is 4.79 Å². The molecule has 0 saturated carbocycles. The number of unbranched alkanes of at least 4 members (excludes halogenated alkanes) is 5. The molecule has 0 bridgehead atoms. The minimum Gasteiger partial charge on any atom is -0.493 e. The molecule has 0 N–H and O–H groups in total. The second-order valence-corrected chi connectivity index (χ2v) is 9.47. The van der Waals surface area contributed by atoms with Crippen LogP contribution in [0.1, 0.15) is 65.2 Å². The maximum Gasteiger partial charge on any atom is 0.235 e. The number of nitrogens with zero attached hydrogens (tertiary/aromatic N) is 1. The summed E-state index contributed by atoms with van der Waals surface area (Å²) in [6.07, 6.45) is 9.46. The van der Waals surface area contributed by atoms with E-state index >= 15 is 0 Å². The molecule has 0 radical (unpaired) electrons. The van der Waals surface area contributed by atoms with E-state index in [4.69, 9.17) is 18.6 Å². The summed E-state index contributed by atoms with van der Waals surface area (Å²) in [7, 11) is 3.18. The van der Waals surface area contributed by atoms with Gasteiger partial charge in [-0.1, -0.05) is 51.7 Å². The molecule has 202 valence electrons. The molecule has 0 amide bonds. The highest BCUT2D eigenvalue weighted by atomic mass is 16.5. The third-order valence-electron chi connectivity index (χ3n) is 6.67. The SMILES string of the molecule is CCCCCN(CCCCC)CCCCOc1c(-c2ccc(OC)c(OC)c2)oc2ccccc2c1=O. The number of hydrogen-bond donors (Lipinski definition) is 0. The monoisotopic (exact) mass is 509 g/mol. The lowest BCUT2D eigenvalue weighted by Gasteiger charge is -2.22. The van der Waals surface area contributed by atoms with Crippen molar-refractivity contribution in [3.8, 4) is 28.6 Å². The Balaban J connectivity index is 1.73. The van der Waals surface area contributed by atoms with Crippen LogP contribution in [0.5, 0.6) is 17.2 Å². The number of rotatable bonds is 17. The van der Waals surface area contributed by atoms with E-state index in [2.05, 4.69) is 18.7 Å². The van der Waals surface area contributed by atoms with Crippen LogP contribution in [0.25, 0.3) is 22.3 Å². The quantitative estimate of drug-likeness (QED) is 0.178. The van der Waals surface area contributed by atoms with Crippen molar-refractivity contribution in [3.05, 3.63) is 52.7 Å². The third kappa shape index (κ3) is 8.00. The Labute approximate surface area is 221 Å². The van der Waals surface area contributed by atoms with Gasteiger partial charge in [-0.2, -0.15) is 0 Å². The largest absolute Gasteiger partial charge is 0.493 e. The van der Waals surface area contributed by atoms with Gasteiger partial charge in [0.05, 0.1) is 26.2 Å². The molecule has 3 rings (SSSR count). The van der Waals surface area contributed by atoms with Crippen LogP contribution in [0.3, 0.4) is 0 Å². The van der Waals surface area contributed by atoms with Crippen LogP contribution in [-0.4, -0.2) is 45.4 Å². The molecule has 0 spiro atoms. The van der Waals surface area contributed by atoms with E-state index in [1.165, 1.54) is 38.5 Å². The van der Waals surface area contributed by atoms with Crippen molar-refractivity contribution in [1.29, 1.82) is 0 Å².